The first kappa shape index (κ1) is 16.3. The minimum atomic E-state index is -1.26. The highest BCUT2D eigenvalue weighted by Crippen LogP contribution is 2.47. The van der Waals surface area contributed by atoms with E-state index >= 15 is 0 Å². The van der Waals surface area contributed by atoms with Gasteiger partial charge in [0.25, 0.3) is 5.91 Å². The van der Waals surface area contributed by atoms with Gasteiger partial charge in [-0.15, -0.1) is 0 Å². The summed E-state index contributed by atoms with van der Waals surface area (Å²) >= 11 is 5.79. The first-order chi connectivity index (χ1) is 10.3. The average molecular weight is 327 g/mol. The summed E-state index contributed by atoms with van der Waals surface area (Å²) < 4.78 is 0. The normalized spacial score (nSPS) is 24.4. The first-order valence-electron chi connectivity index (χ1n) is 6.58. The van der Waals surface area contributed by atoms with Crippen molar-refractivity contribution in [3.05, 3.63) is 34.9 Å². The summed E-state index contributed by atoms with van der Waals surface area (Å²) in [6.45, 7) is 0.0496. The molecule has 0 aliphatic heterocycles. The van der Waals surface area contributed by atoms with Gasteiger partial charge in [0.1, 0.15) is 6.04 Å². The van der Waals surface area contributed by atoms with E-state index in [0.29, 0.717) is 10.6 Å². The molecule has 2 rings (SSSR count). The van der Waals surface area contributed by atoms with Crippen molar-refractivity contribution in [2.24, 2.45) is 23.5 Å². The Morgan fingerprint density at radius 3 is 2.55 bits per heavy atom. The molecule has 0 spiro atoms. The third kappa shape index (κ3) is 3.37. The number of rotatable bonds is 6. The maximum Gasteiger partial charge on any atom is 0.320 e. The molecule has 0 heterocycles. The van der Waals surface area contributed by atoms with Crippen LogP contribution in [-0.4, -0.2) is 40.6 Å². The Hall–Kier alpha value is -2.12. The van der Waals surface area contributed by atoms with Crippen LogP contribution < -0.4 is 11.1 Å². The maximum atomic E-state index is 12.0. The molecule has 1 aromatic carbocycles. The zero-order valence-electron chi connectivity index (χ0n) is 11.4. The maximum absolute atomic E-state index is 12.0. The topological polar surface area (TPSA) is 130 Å². The molecule has 1 fully saturated rings. The molecular weight excluding hydrogens is 312 g/mol. The molecule has 4 atom stereocenters. The summed E-state index contributed by atoms with van der Waals surface area (Å²) in [5, 5.41) is 20.9. The standard InChI is InChI=1S/C14H15ClN2O5/c15-7-3-1-2-6(4-7)12(18)17-5-8-9(10(8)13(19)20)11(16)14(21)22/h1-4,8-11H,5,16H2,(H,17,18)(H,19,20)(H,21,22). The fourth-order valence-electron chi connectivity index (χ4n) is 2.61. The molecule has 0 radical (unpaired) electrons. The van der Waals surface area contributed by atoms with Gasteiger partial charge in [0.15, 0.2) is 0 Å². The van der Waals surface area contributed by atoms with E-state index in [9.17, 15) is 14.4 Å². The number of amides is 1. The zero-order valence-corrected chi connectivity index (χ0v) is 12.2. The summed E-state index contributed by atoms with van der Waals surface area (Å²) in [5.41, 5.74) is 5.83. The monoisotopic (exact) mass is 326 g/mol. The molecule has 0 aromatic heterocycles. The third-order valence-electron chi connectivity index (χ3n) is 3.80. The van der Waals surface area contributed by atoms with Crippen LogP contribution >= 0.6 is 11.6 Å². The highest BCUT2D eigenvalue weighted by atomic mass is 35.5. The molecule has 22 heavy (non-hydrogen) atoms. The number of nitrogens with two attached hydrogens (primary N) is 1. The molecule has 7 nitrogen and oxygen atoms in total. The minimum Gasteiger partial charge on any atom is -0.481 e. The fraction of sp³-hybridized carbons (Fsp3) is 0.357. The average Bonchev–Trinajstić information content (AvgIpc) is 3.18. The predicted octanol–water partition coefficient (Wildman–Crippen LogP) is 0.429. The molecule has 8 heteroatoms. The molecule has 1 saturated carbocycles. The summed E-state index contributed by atoms with van der Waals surface area (Å²) in [7, 11) is 0. The second-order valence-electron chi connectivity index (χ2n) is 5.19. The molecule has 118 valence electrons. The van der Waals surface area contributed by atoms with Gasteiger partial charge in [0, 0.05) is 23.0 Å². The lowest BCUT2D eigenvalue weighted by atomic mass is 10.1. The fourth-order valence-corrected chi connectivity index (χ4v) is 2.80. The van der Waals surface area contributed by atoms with E-state index < -0.39 is 41.6 Å². The number of carbonyl (C=O) groups is 3. The van der Waals surface area contributed by atoms with Crippen LogP contribution in [0.2, 0.25) is 5.02 Å². The number of benzene rings is 1. The molecule has 1 aliphatic rings. The highest BCUT2D eigenvalue weighted by molar-refractivity contribution is 6.30. The molecule has 1 amide bonds. The van der Waals surface area contributed by atoms with Crippen molar-refractivity contribution in [3.8, 4) is 0 Å². The molecule has 1 aliphatic carbocycles. The second-order valence-corrected chi connectivity index (χ2v) is 5.63. The Morgan fingerprint density at radius 1 is 1.32 bits per heavy atom. The number of hydrogen-bond donors (Lipinski definition) is 4. The van der Waals surface area contributed by atoms with Crippen molar-refractivity contribution >= 4 is 29.4 Å². The van der Waals surface area contributed by atoms with Crippen LogP contribution in [0.15, 0.2) is 24.3 Å². The van der Waals surface area contributed by atoms with E-state index in [-0.39, 0.29) is 6.54 Å². The predicted molar refractivity (Wildman–Crippen MR) is 77.5 cm³/mol. The lowest BCUT2D eigenvalue weighted by Crippen LogP contribution is -2.35. The van der Waals surface area contributed by atoms with Crippen molar-refractivity contribution < 1.29 is 24.6 Å². The largest absolute Gasteiger partial charge is 0.481 e. The third-order valence-corrected chi connectivity index (χ3v) is 4.03. The van der Waals surface area contributed by atoms with E-state index in [0.717, 1.165) is 0 Å². The van der Waals surface area contributed by atoms with Gasteiger partial charge in [-0.2, -0.15) is 0 Å². The number of halogens is 1. The van der Waals surface area contributed by atoms with Crippen LogP contribution in [0.3, 0.4) is 0 Å². The van der Waals surface area contributed by atoms with Crippen molar-refractivity contribution in [2.75, 3.05) is 6.54 Å². The van der Waals surface area contributed by atoms with Crippen molar-refractivity contribution in [3.63, 3.8) is 0 Å². The molecule has 4 unspecified atom stereocenters. The van der Waals surface area contributed by atoms with Crippen molar-refractivity contribution in [1.82, 2.24) is 5.32 Å². The van der Waals surface area contributed by atoms with E-state index in [1.165, 1.54) is 6.07 Å². The number of carboxylic acids is 2. The zero-order chi connectivity index (χ0) is 16.4. The van der Waals surface area contributed by atoms with E-state index in [4.69, 9.17) is 27.5 Å². The van der Waals surface area contributed by atoms with Gasteiger partial charge in [-0.25, -0.2) is 0 Å². The Kier molecular flexibility index (Phi) is 4.68. The molecular formula is C14H15ClN2O5. The lowest BCUT2D eigenvalue weighted by Gasteiger charge is -2.07. The van der Waals surface area contributed by atoms with Crippen LogP contribution in [0.5, 0.6) is 0 Å². The molecule has 1 aromatic rings. The smallest absolute Gasteiger partial charge is 0.320 e. The number of nitrogens with one attached hydrogen (secondary N) is 1. The Bertz CT molecular complexity index is 621. The number of hydrogen-bond acceptors (Lipinski definition) is 4. The van der Waals surface area contributed by atoms with E-state index in [2.05, 4.69) is 5.32 Å². The number of carbonyl (C=O) groups excluding carboxylic acids is 1. The van der Waals surface area contributed by atoms with Gasteiger partial charge < -0.3 is 21.3 Å². The van der Waals surface area contributed by atoms with Crippen LogP contribution in [0, 0.1) is 17.8 Å². The summed E-state index contributed by atoms with van der Waals surface area (Å²) in [4.78, 5) is 33.9. The SMILES string of the molecule is NC(C(=O)O)C1C(CNC(=O)c2cccc(Cl)c2)C1C(=O)O. The van der Waals surface area contributed by atoms with Crippen LogP contribution in [-0.2, 0) is 9.59 Å². The Balaban J connectivity index is 1.97. The van der Waals surface area contributed by atoms with E-state index in [1.807, 2.05) is 0 Å². The van der Waals surface area contributed by atoms with E-state index in [1.54, 1.807) is 18.2 Å². The quantitative estimate of drug-likeness (QED) is 0.599. The molecule has 0 bridgehead atoms. The van der Waals surface area contributed by atoms with Crippen molar-refractivity contribution in [2.45, 2.75) is 6.04 Å². The van der Waals surface area contributed by atoms with Gasteiger partial charge in [0.05, 0.1) is 5.92 Å². The first-order valence-corrected chi connectivity index (χ1v) is 6.95. The summed E-state index contributed by atoms with van der Waals surface area (Å²) in [5.74, 6) is -4.79. The summed E-state index contributed by atoms with van der Waals surface area (Å²) in [6.07, 6.45) is 0. The van der Waals surface area contributed by atoms with Crippen LogP contribution in [0.4, 0.5) is 0 Å². The Labute approximate surface area is 131 Å². The minimum absolute atomic E-state index is 0.0496. The Morgan fingerprint density at radius 2 is 2.00 bits per heavy atom. The summed E-state index contributed by atoms with van der Waals surface area (Å²) in [6, 6.07) is 5.05. The van der Waals surface area contributed by atoms with Crippen LogP contribution in [0.1, 0.15) is 10.4 Å². The van der Waals surface area contributed by atoms with Gasteiger partial charge >= 0.3 is 11.9 Å². The number of aliphatic carboxylic acids is 2. The lowest BCUT2D eigenvalue weighted by molar-refractivity contribution is -0.140. The van der Waals surface area contributed by atoms with Gasteiger partial charge in [0.2, 0.25) is 0 Å². The number of carboxylic acid groups (broad SMARTS) is 2. The van der Waals surface area contributed by atoms with Gasteiger partial charge in [-0.1, -0.05) is 17.7 Å². The van der Waals surface area contributed by atoms with Gasteiger partial charge in [-0.05, 0) is 24.1 Å². The second kappa shape index (κ2) is 6.33. The van der Waals surface area contributed by atoms with Gasteiger partial charge in [-0.3, -0.25) is 14.4 Å². The molecule has 0 saturated heterocycles. The van der Waals surface area contributed by atoms with Crippen molar-refractivity contribution in [1.29, 1.82) is 0 Å². The molecule has 5 N–H and O–H groups in total. The highest BCUT2D eigenvalue weighted by Gasteiger charge is 2.59. The van der Waals surface area contributed by atoms with Crippen LogP contribution in [0.25, 0.3) is 0 Å².